The third-order valence-electron chi connectivity index (χ3n) is 5.03. The highest BCUT2D eigenvalue weighted by molar-refractivity contribution is 7.59. The van der Waals surface area contributed by atoms with Crippen molar-refractivity contribution in [1.29, 1.82) is 0 Å². The lowest BCUT2D eigenvalue weighted by Crippen LogP contribution is -2.24. The van der Waals surface area contributed by atoms with Crippen LogP contribution < -0.4 is 0 Å². The van der Waals surface area contributed by atoms with Crippen LogP contribution in [0.25, 0.3) is 0 Å². The first-order valence-electron chi connectivity index (χ1n) is 8.65. The van der Waals surface area contributed by atoms with Gasteiger partial charge in [-0.2, -0.15) is 13.5 Å². The number of rotatable bonds is 2. The van der Waals surface area contributed by atoms with Gasteiger partial charge in [0.25, 0.3) is 0 Å². The fraction of sp³-hybridized carbons (Fsp3) is 0.381. The second kappa shape index (κ2) is 7.14. The Bertz CT molecular complexity index is 834. The van der Waals surface area contributed by atoms with Crippen LogP contribution in [0.1, 0.15) is 53.2 Å². The summed E-state index contributed by atoms with van der Waals surface area (Å²) in [4.78, 5) is 13.2. The maximum Gasteiger partial charge on any atom is 0.170 e. The maximum absolute atomic E-state index is 13.8. The first-order chi connectivity index (χ1) is 11.9. The zero-order valence-corrected chi connectivity index (χ0v) is 15.9. The Morgan fingerprint density at radius 3 is 2.65 bits per heavy atom. The van der Waals surface area contributed by atoms with Crippen molar-refractivity contribution in [3.8, 4) is 0 Å². The molecule has 138 valence electrons. The fourth-order valence-electron chi connectivity index (χ4n) is 3.88. The average Bonchev–Trinajstić information content (AvgIpc) is 2.87. The van der Waals surface area contributed by atoms with E-state index in [1.807, 2.05) is 38.1 Å². The Labute approximate surface area is 160 Å². The SMILES string of the molecule is CC1(C)OC[C@H](CC2C(=O)c3cc(F)ccc3Cc3ccccc32)O1.S. The molecule has 2 aromatic rings. The molecule has 0 amide bonds. The van der Waals surface area contributed by atoms with Gasteiger partial charge in [0.15, 0.2) is 11.6 Å². The minimum Gasteiger partial charge on any atom is -0.348 e. The van der Waals surface area contributed by atoms with Crippen molar-refractivity contribution in [1.82, 2.24) is 0 Å². The molecule has 2 atom stereocenters. The average molecular weight is 374 g/mol. The van der Waals surface area contributed by atoms with Gasteiger partial charge in [-0.3, -0.25) is 4.79 Å². The summed E-state index contributed by atoms with van der Waals surface area (Å²) in [6.45, 7) is 4.22. The third kappa shape index (κ3) is 3.56. The van der Waals surface area contributed by atoms with Gasteiger partial charge < -0.3 is 9.47 Å². The number of hydrogen-bond acceptors (Lipinski definition) is 3. The highest BCUT2D eigenvalue weighted by Gasteiger charge is 2.38. The van der Waals surface area contributed by atoms with Crippen molar-refractivity contribution in [2.45, 2.75) is 44.5 Å². The number of carbonyl (C=O) groups excluding carboxylic acids is 1. The molecule has 0 spiro atoms. The predicted octanol–water partition coefficient (Wildman–Crippen LogP) is 4.35. The third-order valence-corrected chi connectivity index (χ3v) is 5.03. The Morgan fingerprint density at radius 2 is 1.92 bits per heavy atom. The van der Waals surface area contributed by atoms with Crippen LogP contribution in [0.3, 0.4) is 0 Å². The summed E-state index contributed by atoms with van der Waals surface area (Å²) in [6, 6.07) is 12.5. The van der Waals surface area contributed by atoms with E-state index >= 15 is 0 Å². The van der Waals surface area contributed by atoms with E-state index in [1.165, 1.54) is 12.1 Å². The predicted molar refractivity (Wildman–Crippen MR) is 103 cm³/mol. The summed E-state index contributed by atoms with van der Waals surface area (Å²) in [7, 11) is 0. The topological polar surface area (TPSA) is 35.5 Å². The number of fused-ring (bicyclic) bond motifs is 2. The Hall–Kier alpha value is -1.69. The number of ketones is 1. The van der Waals surface area contributed by atoms with E-state index in [-0.39, 0.29) is 37.1 Å². The normalized spacial score (nSPS) is 23.6. The number of carbonyl (C=O) groups is 1. The highest BCUT2D eigenvalue weighted by Crippen LogP contribution is 2.37. The summed E-state index contributed by atoms with van der Waals surface area (Å²) in [5.74, 6) is -1.38. The molecule has 0 bridgehead atoms. The van der Waals surface area contributed by atoms with Crippen LogP contribution in [0.15, 0.2) is 42.5 Å². The van der Waals surface area contributed by atoms with E-state index in [9.17, 15) is 9.18 Å². The number of halogens is 1. The second-order valence-electron chi connectivity index (χ2n) is 7.28. The molecule has 1 aliphatic heterocycles. The minimum absolute atomic E-state index is 0. The first kappa shape index (κ1) is 19.1. The monoisotopic (exact) mass is 374 g/mol. The lowest BCUT2D eigenvalue weighted by Gasteiger charge is -2.21. The molecule has 3 nitrogen and oxygen atoms in total. The Kier molecular flexibility index (Phi) is 5.24. The zero-order valence-electron chi connectivity index (χ0n) is 14.9. The lowest BCUT2D eigenvalue weighted by atomic mass is 9.86. The molecule has 1 heterocycles. The summed E-state index contributed by atoms with van der Waals surface area (Å²) >= 11 is 0. The van der Waals surface area contributed by atoms with Gasteiger partial charge in [-0.15, -0.1) is 0 Å². The summed E-state index contributed by atoms with van der Waals surface area (Å²) in [5, 5.41) is 0. The van der Waals surface area contributed by atoms with Crippen molar-refractivity contribution in [2.75, 3.05) is 6.61 Å². The smallest absolute Gasteiger partial charge is 0.170 e. The Balaban J connectivity index is 0.00000196. The van der Waals surface area contributed by atoms with Crippen molar-refractivity contribution < 1.29 is 18.7 Å². The highest BCUT2D eigenvalue weighted by atomic mass is 32.1. The summed E-state index contributed by atoms with van der Waals surface area (Å²) < 4.78 is 25.3. The molecule has 0 saturated carbocycles. The number of benzene rings is 2. The Morgan fingerprint density at radius 1 is 1.15 bits per heavy atom. The van der Waals surface area contributed by atoms with Crippen LogP contribution >= 0.6 is 13.5 Å². The number of ether oxygens (including phenoxy) is 2. The van der Waals surface area contributed by atoms with Crippen LogP contribution in [-0.2, 0) is 15.9 Å². The molecule has 1 fully saturated rings. The van der Waals surface area contributed by atoms with Gasteiger partial charge in [0.2, 0.25) is 0 Å². The molecule has 2 aromatic carbocycles. The number of hydrogen-bond donors (Lipinski definition) is 0. The second-order valence-corrected chi connectivity index (χ2v) is 7.28. The van der Waals surface area contributed by atoms with Crippen LogP contribution in [0.5, 0.6) is 0 Å². The van der Waals surface area contributed by atoms with Crippen molar-refractivity contribution in [3.05, 3.63) is 70.5 Å². The maximum atomic E-state index is 13.8. The van der Waals surface area contributed by atoms with Crippen molar-refractivity contribution in [2.24, 2.45) is 0 Å². The molecular formula is C21H23FO3S. The molecule has 0 aromatic heterocycles. The molecule has 1 unspecified atom stereocenters. The van der Waals surface area contributed by atoms with Gasteiger partial charge >= 0.3 is 0 Å². The fourth-order valence-corrected chi connectivity index (χ4v) is 3.88. The molecule has 4 rings (SSSR count). The van der Waals surface area contributed by atoms with E-state index in [0.717, 1.165) is 16.7 Å². The standard InChI is InChI=1S/C21H21FO3.H2S/c1-21(2)24-12-16(25-21)11-19-17-6-4-3-5-13(17)9-14-7-8-15(22)10-18(14)20(19)23;/h3-8,10,16,19H,9,11-12H2,1-2H3;1H2/t16-,19?;/m0./s1. The molecule has 1 aliphatic carbocycles. The largest absolute Gasteiger partial charge is 0.348 e. The van der Waals surface area contributed by atoms with Crippen molar-refractivity contribution in [3.63, 3.8) is 0 Å². The van der Waals surface area contributed by atoms with Gasteiger partial charge in [0.1, 0.15) is 5.82 Å². The van der Waals surface area contributed by atoms with Crippen LogP contribution in [-0.4, -0.2) is 24.3 Å². The van der Waals surface area contributed by atoms with Crippen LogP contribution in [0.2, 0.25) is 0 Å². The van der Waals surface area contributed by atoms with Crippen LogP contribution in [0.4, 0.5) is 4.39 Å². The van der Waals surface area contributed by atoms with Gasteiger partial charge in [-0.05, 0) is 55.5 Å². The minimum atomic E-state index is -0.623. The molecule has 26 heavy (non-hydrogen) atoms. The summed E-state index contributed by atoms with van der Waals surface area (Å²) in [6.07, 6.45) is 1.03. The van der Waals surface area contributed by atoms with Gasteiger partial charge in [0, 0.05) is 5.56 Å². The first-order valence-corrected chi connectivity index (χ1v) is 8.65. The molecule has 2 aliphatic rings. The molecular weight excluding hydrogens is 351 g/mol. The molecule has 0 radical (unpaired) electrons. The molecule has 5 heteroatoms. The van der Waals surface area contributed by atoms with E-state index in [1.54, 1.807) is 6.07 Å². The zero-order chi connectivity index (χ0) is 17.6. The number of Topliss-reactive ketones (excluding diaryl/α,β-unsaturated/α-hetero) is 1. The van der Waals surface area contributed by atoms with Crippen LogP contribution in [0, 0.1) is 5.82 Å². The van der Waals surface area contributed by atoms with Gasteiger partial charge in [-0.1, -0.05) is 30.3 Å². The van der Waals surface area contributed by atoms with E-state index in [2.05, 4.69) is 0 Å². The van der Waals surface area contributed by atoms with E-state index < -0.39 is 5.79 Å². The molecule has 1 saturated heterocycles. The molecule has 0 N–H and O–H groups in total. The van der Waals surface area contributed by atoms with Gasteiger partial charge in [-0.25, -0.2) is 4.39 Å². The quantitative estimate of drug-likeness (QED) is 0.784. The van der Waals surface area contributed by atoms with E-state index in [4.69, 9.17) is 9.47 Å². The van der Waals surface area contributed by atoms with Crippen molar-refractivity contribution >= 4 is 19.3 Å². The van der Waals surface area contributed by atoms with Gasteiger partial charge in [0.05, 0.1) is 18.6 Å². The lowest BCUT2D eigenvalue weighted by molar-refractivity contribution is -0.139. The van der Waals surface area contributed by atoms with E-state index in [0.29, 0.717) is 25.0 Å². The summed E-state index contributed by atoms with van der Waals surface area (Å²) in [5.41, 5.74) is 3.49.